The van der Waals surface area contributed by atoms with Crippen LogP contribution in [0.25, 0.3) is 0 Å². The number of rotatable bonds is 3. The number of nitrogens with one attached hydrogen (secondary N) is 1. The molecule has 3 atom stereocenters. The Hall–Kier alpha value is -0.560. The molecule has 3 unspecified atom stereocenters. The predicted octanol–water partition coefficient (Wildman–Crippen LogP) is 1.87. The van der Waals surface area contributed by atoms with E-state index in [-0.39, 0.29) is 12.1 Å². The van der Waals surface area contributed by atoms with Crippen molar-refractivity contribution in [2.24, 2.45) is 0 Å². The molecule has 5 nitrogen and oxygen atoms in total. The van der Waals surface area contributed by atoms with Gasteiger partial charge in [0.1, 0.15) is 6.04 Å². The van der Waals surface area contributed by atoms with Gasteiger partial charge in [-0.15, -0.1) is 0 Å². The molecule has 2 N–H and O–H groups in total. The van der Waals surface area contributed by atoms with Gasteiger partial charge in [-0.1, -0.05) is 6.42 Å². The minimum Gasteiger partial charge on any atom is -0.480 e. The van der Waals surface area contributed by atoms with E-state index in [4.69, 9.17) is 0 Å². The Morgan fingerprint density at radius 2 is 2.20 bits per heavy atom. The average Bonchev–Trinajstić information content (AvgIpc) is 2.47. The van der Waals surface area contributed by atoms with Gasteiger partial charge < -0.3 is 15.3 Å². The van der Waals surface area contributed by atoms with Crippen LogP contribution >= 0.6 is 23.5 Å². The summed E-state index contributed by atoms with van der Waals surface area (Å²) in [6.07, 6.45) is 6.45. The largest absolute Gasteiger partial charge is 0.480 e. The summed E-state index contributed by atoms with van der Waals surface area (Å²) in [5.74, 6) is 0.397. The minimum atomic E-state index is -0.905. The third-order valence-electron chi connectivity index (χ3n) is 3.96. The topological polar surface area (TPSA) is 69.6 Å². The number of hydrogen-bond donors (Lipinski definition) is 2. The number of carbonyl (C=O) groups is 2. The molecule has 0 bridgehead atoms. The van der Waals surface area contributed by atoms with Crippen LogP contribution in [-0.2, 0) is 4.79 Å². The lowest BCUT2D eigenvalue weighted by molar-refractivity contribution is -0.141. The molecular weight excluding hydrogens is 296 g/mol. The van der Waals surface area contributed by atoms with Gasteiger partial charge in [-0.05, 0) is 25.5 Å². The molecule has 0 aromatic carbocycles. The van der Waals surface area contributed by atoms with Gasteiger partial charge in [0.05, 0.1) is 0 Å². The van der Waals surface area contributed by atoms with Crippen molar-refractivity contribution >= 4 is 35.5 Å². The zero-order valence-corrected chi connectivity index (χ0v) is 13.3. The van der Waals surface area contributed by atoms with Crippen LogP contribution in [0.2, 0.25) is 0 Å². The molecule has 1 saturated heterocycles. The normalized spacial score (nSPS) is 30.9. The Morgan fingerprint density at radius 3 is 2.90 bits per heavy atom. The first-order valence-electron chi connectivity index (χ1n) is 7.02. The Labute approximate surface area is 128 Å². The number of carboxylic acid groups (broad SMARTS) is 1. The lowest BCUT2D eigenvalue weighted by atomic mass is 9.95. The summed E-state index contributed by atoms with van der Waals surface area (Å²) in [4.78, 5) is 25.0. The van der Waals surface area contributed by atoms with Gasteiger partial charge >= 0.3 is 12.0 Å². The molecule has 20 heavy (non-hydrogen) atoms. The van der Waals surface area contributed by atoms with Crippen LogP contribution in [0, 0.1) is 0 Å². The Morgan fingerprint density at radius 1 is 1.40 bits per heavy atom. The van der Waals surface area contributed by atoms with Gasteiger partial charge in [0.25, 0.3) is 0 Å². The first kappa shape index (κ1) is 15.8. The van der Waals surface area contributed by atoms with E-state index >= 15 is 0 Å². The molecule has 2 aliphatic rings. The van der Waals surface area contributed by atoms with Crippen LogP contribution in [0.15, 0.2) is 0 Å². The quantitative estimate of drug-likeness (QED) is 0.831. The number of carbonyl (C=O) groups excluding carboxylic acids is 1. The minimum absolute atomic E-state index is 0.192. The maximum atomic E-state index is 12.3. The summed E-state index contributed by atoms with van der Waals surface area (Å²) in [5, 5.41) is 12.9. The zero-order chi connectivity index (χ0) is 14.5. The van der Waals surface area contributed by atoms with E-state index in [1.807, 2.05) is 11.8 Å². The van der Waals surface area contributed by atoms with Crippen molar-refractivity contribution in [2.75, 3.05) is 24.3 Å². The molecule has 2 rings (SSSR count). The van der Waals surface area contributed by atoms with Crippen LogP contribution < -0.4 is 5.32 Å². The van der Waals surface area contributed by atoms with Gasteiger partial charge in [-0.2, -0.15) is 23.5 Å². The third-order valence-corrected chi connectivity index (χ3v) is 6.08. The first-order chi connectivity index (χ1) is 9.61. The number of thioether (sulfide) groups is 2. The van der Waals surface area contributed by atoms with Crippen LogP contribution in [0.4, 0.5) is 4.79 Å². The number of amides is 2. The lowest BCUT2D eigenvalue weighted by Crippen LogP contribution is -2.56. The fraction of sp³-hybridized carbons (Fsp3) is 0.846. The fourth-order valence-corrected chi connectivity index (χ4v) is 4.66. The molecule has 1 aliphatic heterocycles. The van der Waals surface area contributed by atoms with E-state index in [2.05, 4.69) is 11.6 Å². The van der Waals surface area contributed by atoms with Crippen molar-refractivity contribution in [1.29, 1.82) is 0 Å². The summed E-state index contributed by atoms with van der Waals surface area (Å²) in [7, 11) is 0. The van der Waals surface area contributed by atoms with Crippen molar-refractivity contribution in [2.45, 2.75) is 43.0 Å². The van der Waals surface area contributed by atoms with Crippen molar-refractivity contribution in [3.05, 3.63) is 0 Å². The third kappa shape index (κ3) is 3.97. The summed E-state index contributed by atoms with van der Waals surface area (Å²) < 4.78 is 0. The molecular formula is C13H22N2O3S2. The first-order valence-corrected chi connectivity index (χ1v) is 9.46. The lowest BCUT2D eigenvalue weighted by Gasteiger charge is -2.35. The molecule has 7 heteroatoms. The highest BCUT2D eigenvalue weighted by atomic mass is 32.2. The summed E-state index contributed by atoms with van der Waals surface area (Å²) in [6, 6.07) is -0.698. The average molecular weight is 318 g/mol. The maximum absolute atomic E-state index is 12.3. The van der Waals surface area contributed by atoms with Gasteiger partial charge in [0.2, 0.25) is 0 Å². The predicted molar refractivity (Wildman–Crippen MR) is 83.5 cm³/mol. The second-order valence-corrected chi connectivity index (χ2v) is 7.58. The molecule has 1 aliphatic carbocycles. The highest BCUT2D eigenvalue weighted by Gasteiger charge is 2.33. The molecule has 0 aromatic rings. The number of urea groups is 1. The zero-order valence-electron chi connectivity index (χ0n) is 11.7. The van der Waals surface area contributed by atoms with Gasteiger partial charge in [0, 0.05) is 29.3 Å². The molecule has 1 saturated carbocycles. The molecule has 0 spiro atoms. The van der Waals surface area contributed by atoms with E-state index in [0.717, 1.165) is 25.0 Å². The number of hydrogen-bond acceptors (Lipinski definition) is 4. The number of carboxylic acids is 1. The molecule has 0 radical (unpaired) electrons. The summed E-state index contributed by atoms with van der Waals surface area (Å²) >= 11 is 3.45. The Bertz CT molecular complexity index is 368. The van der Waals surface area contributed by atoms with Crippen LogP contribution in [0.3, 0.4) is 0 Å². The van der Waals surface area contributed by atoms with E-state index in [0.29, 0.717) is 17.5 Å². The monoisotopic (exact) mass is 318 g/mol. The SMILES string of the molecule is CSC1CCCC(NC(=O)N2CCSCC2C(=O)O)C1. The van der Waals surface area contributed by atoms with E-state index in [9.17, 15) is 14.7 Å². The standard InChI is InChI=1S/C13H22N2O3S2/c1-19-10-4-2-3-9(7-10)14-13(18)15-5-6-20-8-11(15)12(16)17/h9-11H,2-8H2,1H3,(H,14,18)(H,16,17). The van der Waals surface area contributed by atoms with Crippen LogP contribution in [-0.4, -0.2) is 63.6 Å². The smallest absolute Gasteiger partial charge is 0.327 e. The highest BCUT2D eigenvalue weighted by Crippen LogP contribution is 2.27. The Kier molecular flexibility index (Phi) is 5.89. The number of aliphatic carboxylic acids is 1. The van der Waals surface area contributed by atoms with E-state index in [1.165, 1.54) is 11.3 Å². The van der Waals surface area contributed by atoms with Gasteiger partial charge in [-0.25, -0.2) is 9.59 Å². The maximum Gasteiger partial charge on any atom is 0.327 e. The highest BCUT2D eigenvalue weighted by molar-refractivity contribution is 7.99. The second-order valence-electron chi connectivity index (χ2n) is 5.29. The summed E-state index contributed by atoms with van der Waals surface area (Å²) in [6.45, 7) is 0.520. The molecule has 2 amide bonds. The second kappa shape index (κ2) is 7.45. The molecule has 2 fully saturated rings. The Balaban J connectivity index is 1.91. The molecule has 1 heterocycles. The van der Waals surface area contributed by atoms with Crippen LogP contribution in [0.1, 0.15) is 25.7 Å². The molecule has 0 aromatic heterocycles. The van der Waals surface area contributed by atoms with Crippen molar-refractivity contribution in [3.63, 3.8) is 0 Å². The van der Waals surface area contributed by atoms with E-state index < -0.39 is 12.0 Å². The van der Waals surface area contributed by atoms with Crippen molar-refractivity contribution in [1.82, 2.24) is 10.2 Å². The van der Waals surface area contributed by atoms with Gasteiger partial charge in [0.15, 0.2) is 0 Å². The van der Waals surface area contributed by atoms with E-state index in [1.54, 1.807) is 11.8 Å². The van der Waals surface area contributed by atoms with Crippen molar-refractivity contribution in [3.8, 4) is 0 Å². The number of nitrogens with zero attached hydrogens (tertiary/aromatic N) is 1. The van der Waals surface area contributed by atoms with Gasteiger partial charge in [-0.3, -0.25) is 0 Å². The summed E-state index contributed by atoms with van der Waals surface area (Å²) in [5.41, 5.74) is 0. The van der Waals surface area contributed by atoms with Crippen molar-refractivity contribution < 1.29 is 14.7 Å². The molecule has 114 valence electrons. The van der Waals surface area contributed by atoms with Crippen LogP contribution in [0.5, 0.6) is 0 Å². The fourth-order valence-electron chi connectivity index (χ4n) is 2.80.